The molecular formula is C21H18F4N6O2S. The molecule has 0 aliphatic rings. The van der Waals surface area contributed by atoms with Crippen molar-refractivity contribution in [2.24, 2.45) is 0 Å². The number of fused-ring (bicyclic) bond motifs is 1. The summed E-state index contributed by atoms with van der Waals surface area (Å²) in [6.07, 6.45) is 1.76. The molecule has 3 N–H and O–H groups in total. The van der Waals surface area contributed by atoms with Gasteiger partial charge in [0.05, 0.1) is 23.7 Å². The molecule has 178 valence electrons. The largest absolute Gasteiger partial charge is 0.416 e. The molecule has 0 amide bonds. The third-order valence-corrected chi connectivity index (χ3v) is 5.50. The Morgan fingerprint density at radius 3 is 2.59 bits per heavy atom. The van der Waals surface area contributed by atoms with Crippen molar-refractivity contribution < 1.29 is 26.0 Å². The lowest BCUT2D eigenvalue weighted by atomic mass is 10.1. The van der Waals surface area contributed by atoms with Gasteiger partial charge in [-0.3, -0.25) is 9.71 Å². The molecule has 4 aromatic heterocycles. The average Bonchev–Trinajstić information content (AvgIpc) is 3.14. The molecule has 8 nitrogen and oxygen atoms in total. The number of pyridine rings is 3. The van der Waals surface area contributed by atoms with E-state index in [4.69, 9.17) is 0 Å². The van der Waals surface area contributed by atoms with Crippen LogP contribution in [-0.4, -0.2) is 34.6 Å². The molecule has 4 rings (SSSR count). The number of nitrogens with one attached hydrogen (secondary N) is 3. The molecule has 13 heteroatoms. The fourth-order valence-corrected chi connectivity index (χ4v) is 3.94. The molecule has 0 aromatic carbocycles. The summed E-state index contributed by atoms with van der Waals surface area (Å²) >= 11 is 0. The van der Waals surface area contributed by atoms with Gasteiger partial charge in [0.1, 0.15) is 11.5 Å². The lowest BCUT2D eigenvalue weighted by molar-refractivity contribution is -0.138. The van der Waals surface area contributed by atoms with Crippen molar-refractivity contribution in [1.82, 2.24) is 19.9 Å². The summed E-state index contributed by atoms with van der Waals surface area (Å²) in [7, 11) is -3.49. The first-order chi connectivity index (χ1) is 16.0. The predicted octanol–water partition coefficient (Wildman–Crippen LogP) is 4.09. The molecule has 0 radical (unpaired) electrons. The zero-order chi connectivity index (χ0) is 24.5. The highest BCUT2D eigenvalue weighted by atomic mass is 32.2. The normalized spacial score (nSPS) is 12.1. The SMILES string of the molecule is CS(=O)(=O)Nc1cnc2[nH]cc(Cc3ccc(NCc4cnccc4C(F)(F)F)nc3F)c2c1. The van der Waals surface area contributed by atoms with Gasteiger partial charge in [-0.15, -0.1) is 0 Å². The van der Waals surface area contributed by atoms with Crippen LogP contribution < -0.4 is 10.0 Å². The highest BCUT2D eigenvalue weighted by molar-refractivity contribution is 7.92. The van der Waals surface area contributed by atoms with E-state index in [0.717, 1.165) is 24.7 Å². The lowest BCUT2D eigenvalue weighted by Crippen LogP contribution is -2.13. The van der Waals surface area contributed by atoms with Gasteiger partial charge in [-0.05, 0) is 23.8 Å². The number of hydrogen-bond acceptors (Lipinski definition) is 6. The zero-order valence-corrected chi connectivity index (χ0v) is 18.4. The van der Waals surface area contributed by atoms with Crippen molar-refractivity contribution in [3.05, 3.63) is 77.3 Å². The van der Waals surface area contributed by atoms with Crippen molar-refractivity contribution >= 4 is 32.6 Å². The molecule has 0 aliphatic heterocycles. The second-order valence-electron chi connectivity index (χ2n) is 7.52. The Hall–Kier alpha value is -3.74. The van der Waals surface area contributed by atoms with E-state index in [1.54, 1.807) is 12.3 Å². The molecule has 0 fully saturated rings. The Morgan fingerprint density at radius 2 is 1.88 bits per heavy atom. The van der Waals surface area contributed by atoms with Gasteiger partial charge in [0.25, 0.3) is 0 Å². The predicted molar refractivity (Wildman–Crippen MR) is 118 cm³/mol. The van der Waals surface area contributed by atoms with E-state index in [9.17, 15) is 26.0 Å². The molecular weight excluding hydrogens is 476 g/mol. The van der Waals surface area contributed by atoms with Gasteiger partial charge in [-0.25, -0.2) is 18.4 Å². The standard InChI is InChI=1S/C21H18F4N6O2S/c1-34(32,33)31-15-7-16-13(9-28-20(16)29-11-15)6-12-2-3-18(30-19(12)22)27-10-14-8-26-5-4-17(14)21(23,24)25/h2-5,7-9,11,31H,6,10H2,1H3,(H,27,30)(H,28,29). The van der Waals surface area contributed by atoms with Crippen LogP contribution in [0.5, 0.6) is 0 Å². The average molecular weight is 494 g/mol. The monoisotopic (exact) mass is 494 g/mol. The first-order valence-electron chi connectivity index (χ1n) is 9.83. The number of nitrogens with zero attached hydrogens (tertiary/aromatic N) is 3. The van der Waals surface area contributed by atoms with E-state index in [1.165, 1.54) is 18.3 Å². The summed E-state index contributed by atoms with van der Waals surface area (Å²) in [5.74, 6) is -0.724. The second kappa shape index (κ2) is 8.89. The van der Waals surface area contributed by atoms with Crippen LogP contribution in [0.25, 0.3) is 11.0 Å². The number of hydrogen-bond donors (Lipinski definition) is 3. The quantitative estimate of drug-likeness (QED) is 0.264. The first-order valence-corrected chi connectivity index (χ1v) is 11.7. The second-order valence-corrected chi connectivity index (χ2v) is 9.26. The van der Waals surface area contributed by atoms with Crippen LogP contribution in [0.2, 0.25) is 0 Å². The smallest absolute Gasteiger partial charge is 0.366 e. The number of rotatable bonds is 7. The maximum atomic E-state index is 14.7. The first kappa shape index (κ1) is 23.4. The maximum Gasteiger partial charge on any atom is 0.416 e. The summed E-state index contributed by atoms with van der Waals surface area (Å²) < 4.78 is 79.3. The highest BCUT2D eigenvalue weighted by Gasteiger charge is 2.33. The molecule has 0 bridgehead atoms. The Morgan fingerprint density at radius 1 is 1.09 bits per heavy atom. The Labute approximate surface area is 191 Å². The van der Waals surface area contributed by atoms with Gasteiger partial charge in [0.2, 0.25) is 16.0 Å². The van der Waals surface area contributed by atoms with E-state index in [1.807, 2.05) is 0 Å². The van der Waals surface area contributed by atoms with Gasteiger partial charge in [0.15, 0.2) is 0 Å². The van der Waals surface area contributed by atoms with Crippen LogP contribution in [0.1, 0.15) is 22.3 Å². The van der Waals surface area contributed by atoms with Gasteiger partial charge in [-0.2, -0.15) is 17.6 Å². The number of aromatic amines is 1. The topological polar surface area (TPSA) is 113 Å². The molecule has 0 atom stereocenters. The summed E-state index contributed by atoms with van der Waals surface area (Å²) in [6.45, 7) is -0.237. The van der Waals surface area contributed by atoms with Crippen LogP contribution in [-0.2, 0) is 29.2 Å². The Kier molecular flexibility index (Phi) is 6.13. The highest BCUT2D eigenvalue weighted by Crippen LogP contribution is 2.31. The van der Waals surface area contributed by atoms with Crippen molar-refractivity contribution in [2.75, 3.05) is 16.3 Å². The minimum absolute atomic E-state index is 0.0680. The number of H-pyrrole nitrogens is 1. The fraction of sp³-hybridized carbons (Fsp3) is 0.190. The van der Waals surface area contributed by atoms with Gasteiger partial charge < -0.3 is 10.3 Å². The van der Waals surface area contributed by atoms with Gasteiger partial charge in [-0.1, -0.05) is 6.07 Å². The van der Waals surface area contributed by atoms with E-state index in [0.29, 0.717) is 16.6 Å². The number of aromatic nitrogens is 4. The van der Waals surface area contributed by atoms with Gasteiger partial charge in [0, 0.05) is 48.1 Å². The number of sulfonamides is 1. The molecule has 0 saturated carbocycles. The number of anilines is 2. The van der Waals surface area contributed by atoms with Crippen LogP contribution >= 0.6 is 0 Å². The molecule has 0 unspecified atom stereocenters. The minimum Gasteiger partial charge on any atom is -0.366 e. The molecule has 34 heavy (non-hydrogen) atoms. The van der Waals surface area contributed by atoms with Crippen molar-refractivity contribution in [1.29, 1.82) is 0 Å². The summed E-state index contributed by atoms with van der Waals surface area (Å²) in [5.41, 5.74) is 0.743. The van der Waals surface area contributed by atoms with E-state index in [2.05, 4.69) is 30.0 Å². The molecule has 0 aliphatic carbocycles. The van der Waals surface area contributed by atoms with Crippen molar-refractivity contribution in [3.8, 4) is 0 Å². The van der Waals surface area contributed by atoms with Gasteiger partial charge >= 0.3 is 6.18 Å². The summed E-state index contributed by atoms with van der Waals surface area (Å²) in [6, 6.07) is 5.40. The Bertz CT molecular complexity index is 1450. The summed E-state index contributed by atoms with van der Waals surface area (Å²) in [5, 5.41) is 3.29. The fourth-order valence-electron chi connectivity index (χ4n) is 3.40. The molecule has 4 heterocycles. The maximum absolute atomic E-state index is 14.7. The number of alkyl halides is 3. The Balaban J connectivity index is 1.51. The molecule has 4 aromatic rings. The van der Waals surface area contributed by atoms with Crippen molar-refractivity contribution in [2.45, 2.75) is 19.1 Å². The van der Waals surface area contributed by atoms with E-state index < -0.39 is 27.7 Å². The molecule has 0 saturated heterocycles. The molecule has 0 spiro atoms. The van der Waals surface area contributed by atoms with Crippen LogP contribution in [0.15, 0.2) is 49.1 Å². The minimum atomic E-state index is -4.53. The third-order valence-electron chi connectivity index (χ3n) is 4.90. The lowest BCUT2D eigenvalue weighted by Gasteiger charge is -2.13. The van der Waals surface area contributed by atoms with Crippen LogP contribution in [0, 0.1) is 5.95 Å². The number of halogens is 4. The summed E-state index contributed by atoms with van der Waals surface area (Å²) in [4.78, 5) is 14.6. The van der Waals surface area contributed by atoms with E-state index >= 15 is 0 Å². The zero-order valence-electron chi connectivity index (χ0n) is 17.6. The van der Waals surface area contributed by atoms with E-state index in [-0.39, 0.29) is 35.6 Å². The van der Waals surface area contributed by atoms with Crippen LogP contribution in [0.3, 0.4) is 0 Å². The van der Waals surface area contributed by atoms with Crippen molar-refractivity contribution in [3.63, 3.8) is 0 Å². The van der Waals surface area contributed by atoms with Crippen LogP contribution in [0.4, 0.5) is 29.1 Å². The third kappa shape index (κ3) is 5.42.